The maximum Gasteiger partial charge on any atom is 0.253 e. The molecule has 1 saturated heterocycles. The van der Waals surface area contributed by atoms with Gasteiger partial charge in [-0.1, -0.05) is 23.8 Å². The summed E-state index contributed by atoms with van der Waals surface area (Å²) in [5.41, 5.74) is 4.28. The molecule has 1 aliphatic heterocycles. The lowest BCUT2D eigenvalue weighted by molar-refractivity contribution is 0.0940. The van der Waals surface area contributed by atoms with Crippen LogP contribution >= 0.6 is 0 Å². The molecule has 0 saturated carbocycles. The van der Waals surface area contributed by atoms with Gasteiger partial charge in [0, 0.05) is 18.8 Å². The Labute approximate surface area is 148 Å². The second-order valence-corrected chi connectivity index (χ2v) is 6.92. The van der Waals surface area contributed by atoms with Gasteiger partial charge in [0.1, 0.15) is 5.82 Å². The first-order valence-corrected chi connectivity index (χ1v) is 8.88. The molecule has 3 rings (SSSR count). The van der Waals surface area contributed by atoms with Crippen molar-refractivity contribution in [3.05, 3.63) is 64.5 Å². The number of carbonyl (C=O) groups excluding carboxylic acids is 1. The lowest BCUT2D eigenvalue weighted by Crippen LogP contribution is -2.29. The van der Waals surface area contributed by atoms with Crippen LogP contribution < -0.4 is 10.2 Å². The van der Waals surface area contributed by atoms with E-state index in [2.05, 4.69) is 16.3 Å². The standard InChI is InChI=1S/C21H25FN2O/c1-14-6-9-20(24-10-4-5-11-24)18(12-14)21(25)23-16(3)17-7-8-19(22)15(2)13-17/h6-9,12-13,16H,4-5,10-11H2,1-3H3,(H,23,25)/t16-/m1/s1. The molecule has 3 nitrogen and oxygen atoms in total. The van der Waals surface area contributed by atoms with Gasteiger partial charge in [-0.2, -0.15) is 0 Å². The summed E-state index contributed by atoms with van der Waals surface area (Å²) in [5.74, 6) is -0.308. The van der Waals surface area contributed by atoms with E-state index in [9.17, 15) is 9.18 Å². The molecule has 132 valence electrons. The van der Waals surface area contributed by atoms with Crippen molar-refractivity contribution >= 4 is 11.6 Å². The Balaban J connectivity index is 1.82. The quantitative estimate of drug-likeness (QED) is 0.886. The highest BCUT2D eigenvalue weighted by Gasteiger charge is 2.21. The first kappa shape index (κ1) is 17.5. The number of carbonyl (C=O) groups is 1. The van der Waals surface area contributed by atoms with Crippen LogP contribution in [-0.2, 0) is 0 Å². The summed E-state index contributed by atoms with van der Waals surface area (Å²) < 4.78 is 13.5. The lowest BCUT2D eigenvalue weighted by atomic mass is 10.0. The van der Waals surface area contributed by atoms with Gasteiger partial charge < -0.3 is 10.2 Å². The van der Waals surface area contributed by atoms with Crippen LogP contribution in [0.1, 0.15) is 52.9 Å². The number of hydrogen-bond acceptors (Lipinski definition) is 2. The molecule has 1 fully saturated rings. The number of rotatable bonds is 4. The highest BCUT2D eigenvalue weighted by molar-refractivity contribution is 6.00. The summed E-state index contributed by atoms with van der Waals surface area (Å²) in [6, 6.07) is 10.8. The number of anilines is 1. The summed E-state index contributed by atoms with van der Waals surface area (Å²) in [6.07, 6.45) is 2.33. The molecule has 1 N–H and O–H groups in total. The average Bonchev–Trinajstić information content (AvgIpc) is 3.11. The van der Waals surface area contributed by atoms with Gasteiger partial charge in [0.2, 0.25) is 0 Å². The molecule has 4 heteroatoms. The van der Waals surface area contributed by atoms with Crippen LogP contribution in [0.5, 0.6) is 0 Å². The minimum absolute atomic E-state index is 0.0833. The molecule has 1 aliphatic rings. The van der Waals surface area contributed by atoms with E-state index in [1.54, 1.807) is 19.1 Å². The van der Waals surface area contributed by atoms with Crippen molar-refractivity contribution in [2.75, 3.05) is 18.0 Å². The fourth-order valence-electron chi connectivity index (χ4n) is 3.36. The van der Waals surface area contributed by atoms with E-state index < -0.39 is 0 Å². The van der Waals surface area contributed by atoms with Crippen molar-refractivity contribution in [1.82, 2.24) is 5.32 Å². The minimum atomic E-state index is -0.225. The maximum absolute atomic E-state index is 13.5. The zero-order chi connectivity index (χ0) is 18.0. The summed E-state index contributed by atoms with van der Waals surface area (Å²) in [6.45, 7) is 7.65. The van der Waals surface area contributed by atoms with Gasteiger partial charge in [-0.05, 0) is 62.9 Å². The second-order valence-electron chi connectivity index (χ2n) is 6.92. The lowest BCUT2D eigenvalue weighted by Gasteiger charge is -2.23. The van der Waals surface area contributed by atoms with Crippen molar-refractivity contribution in [1.29, 1.82) is 0 Å². The summed E-state index contributed by atoms with van der Waals surface area (Å²) in [4.78, 5) is 15.2. The first-order chi connectivity index (χ1) is 12.0. The van der Waals surface area contributed by atoms with Crippen LogP contribution in [0, 0.1) is 19.7 Å². The highest BCUT2D eigenvalue weighted by Crippen LogP contribution is 2.26. The van der Waals surface area contributed by atoms with E-state index in [1.807, 2.05) is 26.0 Å². The number of aryl methyl sites for hydroxylation is 2. The predicted octanol–water partition coefficient (Wildman–Crippen LogP) is 4.53. The third-order valence-corrected chi connectivity index (χ3v) is 4.87. The number of halogens is 1. The molecule has 0 aliphatic carbocycles. The molecular weight excluding hydrogens is 315 g/mol. The average molecular weight is 340 g/mol. The molecule has 1 atom stereocenters. The number of hydrogen-bond donors (Lipinski definition) is 1. The van der Waals surface area contributed by atoms with E-state index in [4.69, 9.17) is 0 Å². The van der Waals surface area contributed by atoms with Crippen LogP contribution in [0.15, 0.2) is 36.4 Å². The second kappa shape index (κ2) is 7.26. The van der Waals surface area contributed by atoms with E-state index in [-0.39, 0.29) is 17.8 Å². The Morgan fingerprint density at radius 3 is 2.52 bits per heavy atom. The van der Waals surface area contributed by atoms with Gasteiger partial charge in [0.05, 0.1) is 11.6 Å². The fraction of sp³-hybridized carbons (Fsp3) is 0.381. The molecular formula is C21H25FN2O. The monoisotopic (exact) mass is 340 g/mol. The summed E-state index contributed by atoms with van der Waals surface area (Å²) in [7, 11) is 0. The zero-order valence-corrected chi connectivity index (χ0v) is 15.1. The number of nitrogens with one attached hydrogen (secondary N) is 1. The van der Waals surface area contributed by atoms with Crippen LogP contribution in [0.4, 0.5) is 10.1 Å². The Morgan fingerprint density at radius 2 is 1.84 bits per heavy atom. The topological polar surface area (TPSA) is 32.3 Å². The van der Waals surface area contributed by atoms with Crippen molar-refractivity contribution in [3.63, 3.8) is 0 Å². The van der Waals surface area contributed by atoms with E-state index >= 15 is 0 Å². The maximum atomic E-state index is 13.5. The fourth-order valence-corrected chi connectivity index (χ4v) is 3.36. The number of amides is 1. The third-order valence-electron chi connectivity index (χ3n) is 4.87. The summed E-state index contributed by atoms with van der Waals surface area (Å²) >= 11 is 0. The van der Waals surface area contributed by atoms with Crippen LogP contribution in [0.2, 0.25) is 0 Å². The number of nitrogens with zero attached hydrogens (tertiary/aromatic N) is 1. The molecule has 2 aromatic carbocycles. The Hall–Kier alpha value is -2.36. The SMILES string of the molecule is Cc1ccc(N2CCCC2)c(C(=O)N[C@H](C)c2ccc(F)c(C)c2)c1. The minimum Gasteiger partial charge on any atom is -0.371 e. The van der Waals surface area contributed by atoms with Crippen molar-refractivity contribution in [2.45, 2.75) is 39.7 Å². The van der Waals surface area contributed by atoms with Gasteiger partial charge in [0.15, 0.2) is 0 Å². The van der Waals surface area contributed by atoms with Gasteiger partial charge >= 0.3 is 0 Å². The Morgan fingerprint density at radius 1 is 1.12 bits per heavy atom. The first-order valence-electron chi connectivity index (χ1n) is 8.88. The van der Waals surface area contributed by atoms with Gasteiger partial charge in [-0.15, -0.1) is 0 Å². The zero-order valence-electron chi connectivity index (χ0n) is 15.1. The molecule has 0 aromatic heterocycles. The molecule has 25 heavy (non-hydrogen) atoms. The van der Waals surface area contributed by atoms with Crippen LogP contribution in [0.25, 0.3) is 0 Å². The van der Waals surface area contributed by atoms with Gasteiger partial charge in [-0.3, -0.25) is 4.79 Å². The molecule has 0 unspecified atom stereocenters. The third kappa shape index (κ3) is 3.84. The molecule has 0 radical (unpaired) electrons. The Bertz CT molecular complexity index is 781. The number of benzene rings is 2. The van der Waals surface area contributed by atoms with Crippen LogP contribution in [-0.4, -0.2) is 19.0 Å². The van der Waals surface area contributed by atoms with Crippen molar-refractivity contribution in [3.8, 4) is 0 Å². The van der Waals surface area contributed by atoms with E-state index in [1.165, 1.54) is 18.9 Å². The van der Waals surface area contributed by atoms with E-state index in [0.717, 1.165) is 29.9 Å². The smallest absolute Gasteiger partial charge is 0.253 e. The predicted molar refractivity (Wildman–Crippen MR) is 99.6 cm³/mol. The Kier molecular flexibility index (Phi) is 5.07. The molecule has 0 bridgehead atoms. The van der Waals surface area contributed by atoms with E-state index in [0.29, 0.717) is 11.1 Å². The van der Waals surface area contributed by atoms with Crippen LogP contribution in [0.3, 0.4) is 0 Å². The van der Waals surface area contributed by atoms with Crippen molar-refractivity contribution in [2.24, 2.45) is 0 Å². The molecule has 2 aromatic rings. The normalized spacial score (nSPS) is 15.3. The summed E-state index contributed by atoms with van der Waals surface area (Å²) in [5, 5.41) is 3.06. The molecule has 1 heterocycles. The molecule has 1 amide bonds. The molecule has 0 spiro atoms. The van der Waals surface area contributed by atoms with Gasteiger partial charge in [0.25, 0.3) is 5.91 Å². The highest BCUT2D eigenvalue weighted by atomic mass is 19.1. The van der Waals surface area contributed by atoms with Crippen molar-refractivity contribution < 1.29 is 9.18 Å². The largest absolute Gasteiger partial charge is 0.371 e. The van der Waals surface area contributed by atoms with Gasteiger partial charge in [-0.25, -0.2) is 4.39 Å².